The number of carbonyl (C=O) groups excluding carboxylic acids is 1. The van der Waals surface area contributed by atoms with Gasteiger partial charge in [0.25, 0.3) is 5.91 Å². The van der Waals surface area contributed by atoms with Crippen molar-refractivity contribution in [1.29, 1.82) is 0 Å². The first-order chi connectivity index (χ1) is 8.56. The summed E-state index contributed by atoms with van der Waals surface area (Å²) in [5.41, 5.74) is 6.18. The number of benzene rings is 2. The first kappa shape index (κ1) is 12.4. The summed E-state index contributed by atoms with van der Waals surface area (Å²) in [7, 11) is 0. The van der Waals surface area contributed by atoms with Gasteiger partial charge in [-0.2, -0.15) is 0 Å². The number of halogens is 2. The number of hydrogen-bond acceptors (Lipinski definition) is 2. The molecule has 0 aliphatic heterocycles. The first-order valence-corrected chi connectivity index (χ1v) is 5.56. The van der Waals surface area contributed by atoms with Crippen LogP contribution in [0, 0.1) is 5.82 Å². The highest BCUT2D eigenvalue weighted by molar-refractivity contribution is 6.30. The van der Waals surface area contributed by atoms with Crippen molar-refractivity contribution in [3.63, 3.8) is 0 Å². The summed E-state index contributed by atoms with van der Waals surface area (Å²) in [6.07, 6.45) is 0. The van der Waals surface area contributed by atoms with Crippen LogP contribution in [-0.2, 0) is 0 Å². The van der Waals surface area contributed by atoms with Crippen LogP contribution in [0.25, 0.3) is 0 Å². The second kappa shape index (κ2) is 5.06. The maximum atomic E-state index is 13.2. The predicted octanol–water partition coefficient (Wildman–Crippen LogP) is 3.31. The van der Waals surface area contributed by atoms with Crippen LogP contribution in [0.1, 0.15) is 10.4 Å². The highest BCUT2D eigenvalue weighted by atomic mass is 35.5. The van der Waals surface area contributed by atoms with Crippen LogP contribution in [0.3, 0.4) is 0 Å². The Kier molecular flexibility index (Phi) is 3.48. The zero-order chi connectivity index (χ0) is 13.1. The molecule has 2 rings (SSSR count). The standard InChI is InChI=1S/C13H10ClFN2O/c14-9-3-1-8(2-4-9)13(18)17-10-5-6-12(16)11(15)7-10/h1-7H,16H2,(H,17,18). The van der Waals surface area contributed by atoms with E-state index in [0.29, 0.717) is 16.3 Å². The van der Waals surface area contributed by atoms with E-state index in [0.717, 1.165) is 0 Å². The molecule has 0 unspecified atom stereocenters. The summed E-state index contributed by atoms with van der Waals surface area (Å²) in [5, 5.41) is 3.11. The van der Waals surface area contributed by atoms with Crippen LogP contribution >= 0.6 is 11.6 Å². The Balaban J connectivity index is 2.16. The van der Waals surface area contributed by atoms with Gasteiger partial charge in [0, 0.05) is 16.3 Å². The molecule has 0 bridgehead atoms. The Hall–Kier alpha value is -2.07. The molecule has 0 saturated heterocycles. The molecule has 0 fully saturated rings. The van der Waals surface area contributed by atoms with Crippen molar-refractivity contribution in [2.24, 2.45) is 0 Å². The number of nitrogen functional groups attached to an aromatic ring is 1. The molecule has 5 heteroatoms. The van der Waals surface area contributed by atoms with Crippen molar-refractivity contribution in [2.45, 2.75) is 0 Å². The number of nitrogens with two attached hydrogens (primary N) is 1. The predicted molar refractivity (Wildman–Crippen MR) is 70.2 cm³/mol. The van der Waals surface area contributed by atoms with E-state index in [1.54, 1.807) is 24.3 Å². The van der Waals surface area contributed by atoms with Gasteiger partial charge in [0.2, 0.25) is 0 Å². The molecule has 92 valence electrons. The first-order valence-electron chi connectivity index (χ1n) is 5.18. The van der Waals surface area contributed by atoms with Crippen LogP contribution in [0.5, 0.6) is 0 Å². The van der Waals surface area contributed by atoms with Gasteiger partial charge in [-0.1, -0.05) is 11.6 Å². The summed E-state index contributed by atoms with van der Waals surface area (Å²) < 4.78 is 13.2. The molecule has 0 aliphatic carbocycles. The minimum Gasteiger partial charge on any atom is -0.396 e. The van der Waals surface area contributed by atoms with Crippen LogP contribution in [0.15, 0.2) is 42.5 Å². The van der Waals surface area contributed by atoms with E-state index in [1.165, 1.54) is 18.2 Å². The van der Waals surface area contributed by atoms with Crippen molar-refractivity contribution in [3.05, 3.63) is 58.9 Å². The zero-order valence-electron chi connectivity index (χ0n) is 9.28. The molecule has 1 amide bonds. The fourth-order valence-corrected chi connectivity index (χ4v) is 1.54. The third-order valence-corrected chi connectivity index (χ3v) is 2.62. The number of hydrogen-bond donors (Lipinski definition) is 2. The van der Waals surface area contributed by atoms with Gasteiger partial charge in [-0.3, -0.25) is 4.79 Å². The second-order valence-corrected chi connectivity index (χ2v) is 4.13. The molecule has 0 heterocycles. The number of carbonyl (C=O) groups is 1. The summed E-state index contributed by atoms with van der Waals surface area (Å²) in [5.74, 6) is -0.903. The highest BCUT2D eigenvalue weighted by Gasteiger charge is 2.07. The van der Waals surface area contributed by atoms with Crippen LogP contribution < -0.4 is 11.1 Å². The van der Waals surface area contributed by atoms with Gasteiger partial charge in [-0.05, 0) is 42.5 Å². The molecule has 0 aliphatic rings. The van der Waals surface area contributed by atoms with Crippen LogP contribution in [-0.4, -0.2) is 5.91 Å². The second-order valence-electron chi connectivity index (χ2n) is 3.70. The van der Waals surface area contributed by atoms with Gasteiger partial charge < -0.3 is 11.1 Å². The Labute approximate surface area is 108 Å². The summed E-state index contributed by atoms with van der Waals surface area (Å²) in [6.45, 7) is 0. The topological polar surface area (TPSA) is 55.1 Å². The van der Waals surface area contributed by atoms with E-state index in [9.17, 15) is 9.18 Å². The van der Waals surface area contributed by atoms with Crippen molar-refractivity contribution in [3.8, 4) is 0 Å². The van der Waals surface area contributed by atoms with Gasteiger partial charge in [0.1, 0.15) is 5.82 Å². The van der Waals surface area contributed by atoms with E-state index in [-0.39, 0.29) is 11.6 Å². The van der Waals surface area contributed by atoms with E-state index in [2.05, 4.69) is 5.32 Å². The highest BCUT2D eigenvalue weighted by Crippen LogP contribution is 2.17. The Morgan fingerprint density at radius 2 is 1.83 bits per heavy atom. The monoisotopic (exact) mass is 264 g/mol. The van der Waals surface area contributed by atoms with Gasteiger partial charge in [-0.15, -0.1) is 0 Å². The lowest BCUT2D eigenvalue weighted by Gasteiger charge is -2.06. The third-order valence-electron chi connectivity index (χ3n) is 2.36. The third kappa shape index (κ3) is 2.78. The summed E-state index contributed by atoms with van der Waals surface area (Å²) >= 11 is 5.72. The molecule has 3 nitrogen and oxygen atoms in total. The Morgan fingerprint density at radius 3 is 2.44 bits per heavy atom. The number of nitrogens with one attached hydrogen (secondary N) is 1. The molecule has 0 spiro atoms. The van der Waals surface area contributed by atoms with Crippen LogP contribution in [0.4, 0.5) is 15.8 Å². The SMILES string of the molecule is Nc1ccc(NC(=O)c2ccc(Cl)cc2)cc1F. The molecule has 18 heavy (non-hydrogen) atoms. The van der Waals surface area contributed by atoms with Crippen molar-refractivity contribution >= 4 is 28.9 Å². The Bertz CT molecular complexity index is 584. The lowest BCUT2D eigenvalue weighted by molar-refractivity contribution is 0.102. The molecular formula is C13H10ClFN2O. The average Bonchev–Trinajstić information content (AvgIpc) is 2.34. The minimum atomic E-state index is -0.566. The smallest absolute Gasteiger partial charge is 0.255 e. The number of rotatable bonds is 2. The Morgan fingerprint density at radius 1 is 1.17 bits per heavy atom. The molecule has 0 atom stereocenters. The van der Waals surface area contributed by atoms with Gasteiger partial charge in [0.15, 0.2) is 0 Å². The molecule has 0 radical (unpaired) electrons. The molecular weight excluding hydrogens is 255 g/mol. The average molecular weight is 265 g/mol. The van der Waals surface area contributed by atoms with Gasteiger partial charge in [0.05, 0.1) is 5.69 Å². The fraction of sp³-hybridized carbons (Fsp3) is 0. The maximum Gasteiger partial charge on any atom is 0.255 e. The quantitative estimate of drug-likeness (QED) is 0.818. The molecule has 2 aromatic carbocycles. The van der Waals surface area contributed by atoms with E-state index >= 15 is 0 Å². The lowest BCUT2D eigenvalue weighted by Crippen LogP contribution is -2.12. The molecule has 0 saturated carbocycles. The van der Waals surface area contributed by atoms with Crippen LogP contribution in [0.2, 0.25) is 5.02 Å². The number of amides is 1. The largest absolute Gasteiger partial charge is 0.396 e. The van der Waals surface area contributed by atoms with Crippen molar-refractivity contribution < 1.29 is 9.18 Å². The van der Waals surface area contributed by atoms with E-state index in [1.807, 2.05) is 0 Å². The normalized spacial score (nSPS) is 10.1. The molecule has 3 N–H and O–H groups in total. The maximum absolute atomic E-state index is 13.2. The molecule has 0 aromatic heterocycles. The van der Waals surface area contributed by atoms with E-state index < -0.39 is 5.82 Å². The van der Waals surface area contributed by atoms with Crippen molar-refractivity contribution in [2.75, 3.05) is 11.1 Å². The summed E-state index contributed by atoms with van der Waals surface area (Å²) in [6, 6.07) is 10.5. The lowest BCUT2D eigenvalue weighted by atomic mass is 10.2. The summed E-state index contributed by atoms with van der Waals surface area (Å²) in [4.78, 5) is 11.8. The number of anilines is 2. The zero-order valence-corrected chi connectivity index (χ0v) is 10.0. The fourth-order valence-electron chi connectivity index (χ4n) is 1.41. The van der Waals surface area contributed by atoms with Crippen molar-refractivity contribution in [1.82, 2.24) is 0 Å². The van der Waals surface area contributed by atoms with E-state index in [4.69, 9.17) is 17.3 Å². The minimum absolute atomic E-state index is 0.0412. The van der Waals surface area contributed by atoms with Gasteiger partial charge >= 0.3 is 0 Å². The molecule has 2 aromatic rings. The van der Waals surface area contributed by atoms with Gasteiger partial charge in [-0.25, -0.2) is 4.39 Å².